The molecule has 16 heavy (non-hydrogen) atoms. The van der Waals surface area contributed by atoms with E-state index in [4.69, 9.17) is 11.6 Å². The SMILES string of the molecule is CCc1cc(Cl)c2c(C)c(Br)c(C)cc2n1. The van der Waals surface area contributed by atoms with Crippen LogP contribution in [0.3, 0.4) is 0 Å². The Kier molecular flexibility index (Phi) is 3.22. The van der Waals surface area contributed by atoms with Crippen LogP contribution in [-0.2, 0) is 6.42 Å². The van der Waals surface area contributed by atoms with Gasteiger partial charge in [-0.05, 0) is 43.5 Å². The molecule has 2 rings (SSSR count). The van der Waals surface area contributed by atoms with Crippen molar-refractivity contribution < 1.29 is 0 Å². The van der Waals surface area contributed by atoms with Crippen molar-refractivity contribution in [3.63, 3.8) is 0 Å². The van der Waals surface area contributed by atoms with Crippen LogP contribution in [0.2, 0.25) is 5.02 Å². The van der Waals surface area contributed by atoms with Gasteiger partial charge in [-0.3, -0.25) is 4.98 Å². The molecule has 0 N–H and O–H groups in total. The van der Waals surface area contributed by atoms with Crippen molar-refractivity contribution in [2.75, 3.05) is 0 Å². The molecule has 3 heteroatoms. The van der Waals surface area contributed by atoms with Gasteiger partial charge < -0.3 is 0 Å². The van der Waals surface area contributed by atoms with E-state index in [0.717, 1.165) is 38.1 Å². The van der Waals surface area contributed by atoms with Gasteiger partial charge >= 0.3 is 0 Å². The van der Waals surface area contributed by atoms with Gasteiger partial charge in [0.15, 0.2) is 0 Å². The molecule has 0 aliphatic heterocycles. The van der Waals surface area contributed by atoms with Crippen molar-refractivity contribution in [1.82, 2.24) is 4.98 Å². The van der Waals surface area contributed by atoms with Gasteiger partial charge in [-0.1, -0.05) is 34.5 Å². The van der Waals surface area contributed by atoms with Gasteiger partial charge in [-0.15, -0.1) is 0 Å². The number of nitrogens with zero attached hydrogens (tertiary/aromatic N) is 1. The normalized spacial score (nSPS) is 11.1. The molecule has 0 aliphatic carbocycles. The van der Waals surface area contributed by atoms with E-state index in [9.17, 15) is 0 Å². The van der Waals surface area contributed by atoms with E-state index in [0.29, 0.717) is 0 Å². The first kappa shape index (κ1) is 11.9. The lowest BCUT2D eigenvalue weighted by atomic mass is 10.1. The Hall–Kier alpha value is -0.600. The highest BCUT2D eigenvalue weighted by Crippen LogP contribution is 2.33. The highest BCUT2D eigenvalue weighted by Gasteiger charge is 2.10. The molecular weight excluding hydrogens is 286 g/mol. The largest absolute Gasteiger partial charge is 0.253 e. The van der Waals surface area contributed by atoms with Gasteiger partial charge in [0.2, 0.25) is 0 Å². The Morgan fingerprint density at radius 2 is 2.00 bits per heavy atom. The zero-order chi connectivity index (χ0) is 11.9. The Balaban J connectivity index is 2.90. The Morgan fingerprint density at radius 3 is 2.62 bits per heavy atom. The predicted molar refractivity (Wildman–Crippen MR) is 73.3 cm³/mol. The monoisotopic (exact) mass is 297 g/mol. The standard InChI is InChI=1S/C13H13BrClN/c1-4-9-6-10(15)12-8(3)13(14)7(2)5-11(12)16-9/h5-6H,4H2,1-3H3. The lowest BCUT2D eigenvalue weighted by molar-refractivity contribution is 1.06. The lowest BCUT2D eigenvalue weighted by Gasteiger charge is -2.10. The minimum atomic E-state index is 0.792. The van der Waals surface area contributed by atoms with E-state index >= 15 is 0 Å². The third-order valence-corrected chi connectivity index (χ3v) is 4.34. The van der Waals surface area contributed by atoms with E-state index in [-0.39, 0.29) is 0 Å². The second kappa shape index (κ2) is 4.34. The quantitative estimate of drug-likeness (QED) is 0.735. The number of pyridine rings is 1. The summed E-state index contributed by atoms with van der Waals surface area (Å²) in [7, 11) is 0. The fourth-order valence-corrected chi connectivity index (χ4v) is 2.59. The van der Waals surface area contributed by atoms with Gasteiger partial charge in [0.05, 0.1) is 10.5 Å². The molecule has 0 amide bonds. The molecule has 0 aliphatic rings. The molecule has 2 aromatic rings. The van der Waals surface area contributed by atoms with Crippen LogP contribution in [0.5, 0.6) is 0 Å². The van der Waals surface area contributed by atoms with E-state index in [1.54, 1.807) is 0 Å². The van der Waals surface area contributed by atoms with Gasteiger partial charge in [-0.2, -0.15) is 0 Å². The molecule has 0 fully saturated rings. The first-order valence-corrected chi connectivity index (χ1v) is 6.46. The molecule has 84 valence electrons. The third-order valence-electron chi connectivity index (χ3n) is 2.82. The maximum absolute atomic E-state index is 6.31. The van der Waals surface area contributed by atoms with Crippen LogP contribution in [-0.4, -0.2) is 4.98 Å². The van der Waals surface area contributed by atoms with E-state index < -0.39 is 0 Å². The fourth-order valence-electron chi connectivity index (χ4n) is 1.91. The van der Waals surface area contributed by atoms with Crippen LogP contribution >= 0.6 is 27.5 Å². The van der Waals surface area contributed by atoms with Crippen LogP contribution in [0.1, 0.15) is 23.7 Å². The van der Waals surface area contributed by atoms with Crippen LogP contribution in [0, 0.1) is 13.8 Å². The molecule has 1 aromatic carbocycles. The van der Waals surface area contributed by atoms with Crippen LogP contribution in [0.4, 0.5) is 0 Å². The smallest absolute Gasteiger partial charge is 0.0726 e. The topological polar surface area (TPSA) is 12.9 Å². The van der Waals surface area contributed by atoms with Crippen LogP contribution in [0.15, 0.2) is 16.6 Å². The minimum absolute atomic E-state index is 0.792. The number of benzene rings is 1. The van der Waals surface area contributed by atoms with Crippen molar-refractivity contribution >= 4 is 38.4 Å². The van der Waals surface area contributed by atoms with Gasteiger partial charge in [0.25, 0.3) is 0 Å². The number of rotatable bonds is 1. The molecule has 1 aromatic heterocycles. The number of fused-ring (bicyclic) bond motifs is 1. The summed E-state index contributed by atoms with van der Waals surface area (Å²) >= 11 is 9.89. The number of aromatic nitrogens is 1. The molecule has 0 saturated heterocycles. The highest BCUT2D eigenvalue weighted by molar-refractivity contribution is 9.10. The fraction of sp³-hybridized carbons (Fsp3) is 0.308. The molecule has 1 heterocycles. The van der Waals surface area contributed by atoms with E-state index in [1.165, 1.54) is 5.56 Å². The van der Waals surface area contributed by atoms with Gasteiger partial charge in [0, 0.05) is 15.6 Å². The zero-order valence-corrected chi connectivity index (χ0v) is 11.9. The number of hydrogen-bond donors (Lipinski definition) is 0. The van der Waals surface area contributed by atoms with Crippen molar-refractivity contribution in [3.8, 4) is 0 Å². The molecular formula is C13H13BrClN. The molecule has 0 bridgehead atoms. The molecule has 0 saturated carbocycles. The molecule has 0 unspecified atom stereocenters. The van der Waals surface area contributed by atoms with Crippen molar-refractivity contribution in [3.05, 3.63) is 38.4 Å². The van der Waals surface area contributed by atoms with E-state index in [2.05, 4.69) is 47.8 Å². The van der Waals surface area contributed by atoms with E-state index in [1.807, 2.05) is 6.07 Å². The summed E-state index contributed by atoms with van der Waals surface area (Å²) in [6.45, 7) is 6.23. The number of halogens is 2. The maximum Gasteiger partial charge on any atom is 0.0726 e. The Labute approximate surface area is 109 Å². The van der Waals surface area contributed by atoms with Crippen LogP contribution in [0.25, 0.3) is 10.9 Å². The summed E-state index contributed by atoms with van der Waals surface area (Å²) in [5.74, 6) is 0. The average Bonchev–Trinajstić information content (AvgIpc) is 2.25. The summed E-state index contributed by atoms with van der Waals surface area (Å²) in [5.41, 5.74) is 4.39. The summed E-state index contributed by atoms with van der Waals surface area (Å²) in [6.07, 6.45) is 0.907. The molecule has 0 spiro atoms. The Morgan fingerprint density at radius 1 is 1.31 bits per heavy atom. The third kappa shape index (κ3) is 1.85. The Bertz CT molecular complexity index is 564. The lowest BCUT2D eigenvalue weighted by Crippen LogP contribution is -1.93. The second-order valence-corrected chi connectivity index (χ2v) is 5.18. The minimum Gasteiger partial charge on any atom is -0.253 e. The first-order chi connectivity index (χ1) is 7.54. The summed E-state index contributed by atoms with van der Waals surface area (Å²) < 4.78 is 1.12. The highest BCUT2D eigenvalue weighted by atomic mass is 79.9. The second-order valence-electron chi connectivity index (χ2n) is 3.98. The predicted octanol–water partition coefficient (Wildman–Crippen LogP) is 4.83. The maximum atomic E-state index is 6.31. The molecule has 0 radical (unpaired) electrons. The number of hydrogen-bond acceptors (Lipinski definition) is 1. The summed E-state index contributed by atoms with van der Waals surface area (Å²) in [5, 5.41) is 1.84. The van der Waals surface area contributed by atoms with Gasteiger partial charge in [-0.25, -0.2) is 0 Å². The van der Waals surface area contributed by atoms with Gasteiger partial charge in [0.1, 0.15) is 0 Å². The van der Waals surface area contributed by atoms with Crippen molar-refractivity contribution in [1.29, 1.82) is 0 Å². The summed E-state index contributed by atoms with van der Waals surface area (Å²) in [4.78, 5) is 4.61. The van der Waals surface area contributed by atoms with Crippen molar-refractivity contribution in [2.45, 2.75) is 27.2 Å². The van der Waals surface area contributed by atoms with Crippen LogP contribution < -0.4 is 0 Å². The van der Waals surface area contributed by atoms with Crippen molar-refractivity contribution in [2.24, 2.45) is 0 Å². The number of aryl methyl sites for hydroxylation is 3. The average molecular weight is 299 g/mol. The first-order valence-electron chi connectivity index (χ1n) is 5.29. The molecule has 1 nitrogen and oxygen atoms in total. The summed E-state index contributed by atoms with van der Waals surface area (Å²) in [6, 6.07) is 4.04. The molecule has 0 atom stereocenters. The zero-order valence-electron chi connectivity index (χ0n) is 9.56.